The third-order valence-electron chi connectivity index (χ3n) is 4.56. The first kappa shape index (κ1) is 21.9. The van der Waals surface area contributed by atoms with Crippen molar-refractivity contribution in [3.63, 3.8) is 0 Å². The van der Waals surface area contributed by atoms with Gasteiger partial charge in [0, 0.05) is 11.1 Å². The predicted octanol–water partition coefficient (Wildman–Crippen LogP) is 3.60. The van der Waals surface area contributed by atoms with Gasteiger partial charge >= 0.3 is 0 Å². The molecule has 0 aliphatic heterocycles. The zero-order valence-electron chi connectivity index (χ0n) is 16.7. The first-order valence-electron chi connectivity index (χ1n) is 9.29. The molecule has 0 saturated heterocycles. The molecule has 0 bridgehead atoms. The van der Waals surface area contributed by atoms with E-state index in [1.807, 2.05) is 19.1 Å². The van der Waals surface area contributed by atoms with Gasteiger partial charge in [-0.2, -0.15) is 4.98 Å². The Bertz CT molecular complexity index is 1040. The number of ether oxygens (including phenoxy) is 1. The Kier molecular flexibility index (Phi) is 6.81. The minimum Gasteiger partial charge on any atom is -0.394 e. The number of hydrogen-bond donors (Lipinski definition) is 3. The fourth-order valence-corrected chi connectivity index (χ4v) is 3.02. The Morgan fingerprint density at radius 1 is 1.20 bits per heavy atom. The lowest BCUT2D eigenvalue weighted by atomic mass is 10.1. The third kappa shape index (κ3) is 5.02. The largest absolute Gasteiger partial charge is 0.394 e. The molecule has 2 aromatic carbocycles. The summed E-state index contributed by atoms with van der Waals surface area (Å²) >= 11 is 6.34. The lowest BCUT2D eigenvalue weighted by molar-refractivity contribution is 0.0602. The van der Waals surface area contributed by atoms with Crippen molar-refractivity contribution < 1.29 is 14.2 Å². The second kappa shape index (κ2) is 9.34. The van der Waals surface area contributed by atoms with Gasteiger partial charge in [0.25, 0.3) is 0 Å². The second-order valence-corrected chi connectivity index (χ2v) is 7.61. The summed E-state index contributed by atoms with van der Waals surface area (Å²) in [5.74, 6) is -0.0690. The zero-order valence-corrected chi connectivity index (χ0v) is 17.4. The van der Waals surface area contributed by atoms with E-state index in [0.29, 0.717) is 21.8 Å². The first-order chi connectivity index (χ1) is 14.3. The molecule has 0 radical (unpaired) electrons. The van der Waals surface area contributed by atoms with Crippen molar-refractivity contribution >= 4 is 23.4 Å². The van der Waals surface area contributed by atoms with E-state index in [0.717, 1.165) is 5.56 Å². The molecule has 1 heterocycles. The molecular weight excluding hydrogens is 409 g/mol. The number of aliphatic hydroxyl groups excluding tert-OH is 1. The average molecular weight is 432 g/mol. The van der Waals surface area contributed by atoms with Crippen molar-refractivity contribution in [1.82, 2.24) is 15.2 Å². The van der Waals surface area contributed by atoms with Gasteiger partial charge in [-0.3, -0.25) is 0 Å². The van der Waals surface area contributed by atoms with Gasteiger partial charge in [0.05, 0.1) is 30.4 Å². The number of benzene rings is 2. The highest BCUT2D eigenvalue weighted by molar-refractivity contribution is 6.34. The minimum absolute atomic E-state index is 0.0655. The fraction of sp³-hybridized carbons (Fsp3) is 0.286. The summed E-state index contributed by atoms with van der Waals surface area (Å²) in [7, 11) is 0. The van der Waals surface area contributed by atoms with Crippen LogP contribution < -0.4 is 11.1 Å². The van der Waals surface area contributed by atoms with E-state index in [9.17, 15) is 9.50 Å². The van der Waals surface area contributed by atoms with Gasteiger partial charge in [0.1, 0.15) is 11.5 Å². The summed E-state index contributed by atoms with van der Waals surface area (Å²) in [6.45, 7) is 3.47. The van der Waals surface area contributed by atoms with Crippen molar-refractivity contribution in [2.45, 2.75) is 26.0 Å². The summed E-state index contributed by atoms with van der Waals surface area (Å²) in [4.78, 5) is 4.24. The molecule has 9 heteroatoms. The number of nitrogens with zero attached hydrogens (tertiary/aromatic N) is 3. The number of nitrogens with one attached hydrogen (secondary N) is 1. The van der Waals surface area contributed by atoms with Crippen LogP contribution >= 0.6 is 11.6 Å². The maximum Gasteiger partial charge on any atom is 0.245 e. The van der Waals surface area contributed by atoms with E-state index in [1.165, 1.54) is 6.07 Å². The van der Waals surface area contributed by atoms with Crippen LogP contribution in [0.25, 0.3) is 11.3 Å². The molecule has 0 aliphatic rings. The molecule has 1 aromatic heterocycles. The molecule has 0 spiro atoms. The molecule has 3 rings (SSSR count). The van der Waals surface area contributed by atoms with Crippen LogP contribution in [0.1, 0.15) is 18.1 Å². The van der Waals surface area contributed by atoms with Crippen molar-refractivity contribution in [2.24, 2.45) is 0 Å². The fourth-order valence-electron chi connectivity index (χ4n) is 2.81. The van der Waals surface area contributed by atoms with Crippen LogP contribution in [0.5, 0.6) is 0 Å². The second-order valence-electron chi connectivity index (χ2n) is 7.23. The predicted molar refractivity (Wildman–Crippen MR) is 115 cm³/mol. The van der Waals surface area contributed by atoms with Crippen molar-refractivity contribution in [2.75, 3.05) is 24.3 Å². The van der Waals surface area contributed by atoms with Crippen LogP contribution in [0.3, 0.4) is 0 Å². The maximum atomic E-state index is 13.7. The number of nitrogens with two attached hydrogens (primary N) is 1. The first-order valence-corrected chi connectivity index (χ1v) is 9.66. The molecule has 3 aromatic rings. The molecule has 0 fully saturated rings. The molecule has 30 heavy (non-hydrogen) atoms. The van der Waals surface area contributed by atoms with Gasteiger partial charge in [0.2, 0.25) is 5.95 Å². The Labute approximate surface area is 179 Å². The third-order valence-corrected chi connectivity index (χ3v) is 5.06. The molecular formula is C21H23ClFN5O2. The normalized spacial score (nSPS) is 13.1. The van der Waals surface area contributed by atoms with E-state index in [1.54, 1.807) is 31.2 Å². The number of aromatic nitrogens is 3. The molecule has 1 unspecified atom stereocenters. The molecule has 0 amide bonds. The SMILES string of the molecule is Cc1cccc(-c2nnc(NC(C)(CO)COCc3ccccc3F)nc2N)c1Cl. The maximum absolute atomic E-state index is 13.7. The Morgan fingerprint density at radius 2 is 1.97 bits per heavy atom. The van der Waals surface area contributed by atoms with E-state index >= 15 is 0 Å². The van der Waals surface area contributed by atoms with Gasteiger partial charge in [-0.05, 0) is 25.5 Å². The summed E-state index contributed by atoms with van der Waals surface area (Å²) in [6, 6.07) is 11.9. The summed E-state index contributed by atoms with van der Waals surface area (Å²) < 4.78 is 19.3. The number of hydrogen-bond acceptors (Lipinski definition) is 7. The minimum atomic E-state index is -0.929. The molecule has 4 N–H and O–H groups in total. The van der Waals surface area contributed by atoms with Gasteiger partial charge in [0.15, 0.2) is 5.82 Å². The van der Waals surface area contributed by atoms with Gasteiger partial charge < -0.3 is 20.9 Å². The summed E-state index contributed by atoms with van der Waals surface area (Å²) in [6.07, 6.45) is 0. The smallest absolute Gasteiger partial charge is 0.245 e. The van der Waals surface area contributed by atoms with Crippen LogP contribution in [0.4, 0.5) is 16.2 Å². The van der Waals surface area contributed by atoms with Crippen LogP contribution in [0.15, 0.2) is 42.5 Å². The lowest BCUT2D eigenvalue weighted by Crippen LogP contribution is -2.44. The van der Waals surface area contributed by atoms with Crippen LogP contribution in [0, 0.1) is 12.7 Å². The number of aryl methyl sites for hydroxylation is 1. The van der Waals surface area contributed by atoms with Gasteiger partial charge in [-0.15, -0.1) is 10.2 Å². The monoisotopic (exact) mass is 431 g/mol. The van der Waals surface area contributed by atoms with Gasteiger partial charge in [-0.25, -0.2) is 4.39 Å². The van der Waals surface area contributed by atoms with Crippen molar-refractivity contribution in [3.8, 4) is 11.3 Å². The van der Waals surface area contributed by atoms with Crippen LogP contribution in [-0.4, -0.2) is 39.0 Å². The lowest BCUT2D eigenvalue weighted by Gasteiger charge is -2.28. The van der Waals surface area contributed by atoms with Crippen molar-refractivity contribution in [1.29, 1.82) is 0 Å². The molecule has 7 nitrogen and oxygen atoms in total. The Balaban J connectivity index is 1.71. The highest BCUT2D eigenvalue weighted by Crippen LogP contribution is 2.31. The van der Waals surface area contributed by atoms with Gasteiger partial charge in [-0.1, -0.05) is 48.0 Å². The number of halogens is 2. The summed E-state index contributed by atoms with van der Waals surface area (Å²) in [5.41, 5.74) is 7.47. The molecule has 0 saturated carbocycles. The average Bonchev–Trinajstić information content (AvgIpc) is 2.72. The summed E-state index contributed by atoms with van der Waals surface area (Å²) in [5, 5.41) is 21.6. The van der Waals surface area contributed by atoms with E-state index in [-0.39, 0.29) is 37.4 Å². The molecule has 1 atom stereocenters. The van der Waals surface area contributed by atoms with Crippen molar-refractivity contribution in [3.05, 3.63) is 64.4 Å². The van der Waals surface area contributed by atoms with Crippen LogP contribution in [0.2, 0.25) is 5.02 Å². The van der Waals surface area contributed by atoms with E-state index in [4.69, 9.17) is 22.1 Å². The molecule has 158 valence electrons. The highest BCUT2D eigenvalue weighted by Gasteiger charge is 2.26. The van der Waals surface area contributed by atoms with Crippen LogP contribution in [-0.2, 0) is 11.3 Å². The number of aliphatic hydroxyl groups is 1. The quantitative estimate of drug-likeness (QED) is 0.500. The van der Waals surface area contributed by atoms with E-state index < -0.39 is 5.54 Å². The standard InChI is InChI=1S/C21H23ClFN5O2/c1-13-6-5-8-15(17(13)22)18-19(24)25-20(28-27-18)26-21(2,11-29)12-30-10-14-7-3-4-9-16(14)23/h3-9,29H,10-12H2,1-2H3,(H3,24,25,26,28). The topological polar surface area (TPSA) is 106 Å². The number of rotatable bonds is 8. The molecule has 0 aliphatic carbocycles. The highest BCUT2D eigenvalue weighted by atomic mass is 35.5. The number of nitrogen functional groups attached to an aromatic ring is 1. The Morgan fingerprint density at radius 3 is 2.67 bits per heavy atom. The number of anilines is 2. The Hall–Kier alpha value is -2.81. The zero-order chi connectivity index (χ0) is 21.7. The van der Waals surface area contributed by atoms with E-state index in [2.05, 4.69) is 20.5 Å².